The monoisotopic (exact) mass is 458 g/mol. The molecular formula is C14H26N3O7PSiV. The molecule has 1 heterocycles. The third-order valence-corrected chi connectivity index (χ3v) is 6.03. The number of nitriles is 1. The van der Waals surface area contributed by atoms with Gasteiger partial charge < -0.3 is 4.43 Å². The number of phosphoric acid groups is 1. The molecule has 1 N–H and O–H groups in total. The normalized spacial score (nSPS) is 21.6. The Morgan fingerprint density at radius 3 is 2.96 bits per heavy atom. The predicted octanol–water partition coefficient (Wildman–Crippen LogP) is 1.54. The molecule has 13 heteroatoms. The molecule has 3 atom stereocenters. The topological polar surface area (TPSA) is 121 Å². The van der Waals surface area contributed by atoms with E-state index >= 15 is 0 Å². The fourth-order valence-corrected chi connectivity index (χ4v) is 4.25. The van der Waals surface area contributed by atoms with Gasteiger partial charge in [0.25, 0.3) is 0 Å². The Balaban J connectivity index is 2.42. The van der Waals surface area contributed by atoms with Crippen molar-refractivity contribution in [3.63, 3.8) is 0 Å². The molecule has 0 aromatic heterocycles. The molecule has 3 unspecified atom stereocenters. The third-order valence-electron chi connectivity index (χ3n) is 3.48. The van der Waals surface area contributed by atoms with E-state index in [2.05, 4.69) is 9.27 Å². The van der Waals surface area contributed by atoms with E-state index in [-0.39, 0.29) is 26.2 Å². The van der Waals surface area contributed by atoms with E-state index < -0.39 is 20.0 Å². The van der Waals surface area contributed by atoms with E-state index in [9.17, 15) is 4.57 Å². The molecule has 0 aliphatic carbocycles. The zero-order chi connectivity index (χ0) is 19.8. The van der Waals surface area contributed by atoms with Gasteiger partial charge in [0.05, 0.1) is 0 Å². The van der Waals surface area contributed by atoms with Crippen LogP contribution in [0.2, 0.25) is 6.04 Å². The molecule has 1 aliphatic heterocycles. The molecule has 0 bridgehead atoms. The van der Waals surface area contributed by atoms with Crippen LogP contribution in [0.1, 0.15) is 19.3 Å². The first-order valence-electron chi connectivity index (χ1n) is 8.64. The molecule has 1 fully saturated rings. The van der Waals surface area contributed by atoms with E-state index in [0.717, 1.165) is 19.0 Å². The Bertz CT molecular complexity index is 500. The van der Waals surface area contributed by atoms with Gasteiger partial charge in [0.2, 0.25) is 9.76 Å². The summed E-state index contributed by atoms with van der Waals surface area (Å²) >= 11 is 1.95. The van der Waals surface area contributed by atoms with Crippen LogP contribution < -0.4 is 5.32 Å². The van der Waals surface area contributed by atoms with E-state index in [4.69, 9.17) is 32.8 Å². The standard InChI is InChI=1S/C14H26N3O7PSi.V/c1-19-26-11-3-6-17-7-10-23-25(18,22-8-2-5-15)24-13-4-9-20-14(13)12-21-16;/h13-14,17H,2-4,6-12H2,1H3;. The van der Waals surface area contributed by atoms with Crippen LogP contribution in [0.5, 0.6) is 0 Å². The van der Waals surface area contributed by atoms with Crippen LogP contribution in [0.4, 0.5) is 0 Å². The maximum absolute atomic E-state index is 12.9. The zero-order valence-corrected chi connectivity index (χ0v) is 18.7. The van der Waals surface area contributed by atoms with Gasteiger partial charge in [-0.25, -0.2) is 0 Å². The van der Waals surface area contributed by atoms with E-state index in [1.54, 1.807) is 7.11 Å². The van der Waals surface area contributed by atoms with Crippen LogP contribution in [0.3, 0.4) is 0 Å². The second-order valence-corrected chi connectivity index (χ2v) is 8.52. The minimum atomic E-state index is -3.81. The Kier molecular flexibility index (Phi) is 14.8. The van der Waals surface area contributed by atoms with Gasteiger partial charge in [-0.1, -0.05) is 0 Å². The van der Waals surface area contributed by atoms with Crippen molar-refractivity contribution in [3.05, 3.63) is 0 Å². The first kappa shape index (κ1) is 25.1. The van der Waals surface area contributed by atoms with Crippen LogP contribution in [-0.2, 0) is 49.4 Å². The van der Waals surface area contributed by atoms with E-state index in [0.29, 0.717) is 29.3 Å². The molecule has 0 amide bonds. The Labute approximate surface area is 171 Å². The molecule has 0 aromatic rings. The molecule has 27 heavy (non-hydrogen) atoms. The molecule has 1 rings (SSSR count). The van der Waals surface area contributed by atoms with Gasteiger partial charge in [-0.3, -0.25) is 0 Å². The zero-order valence-electron chi connectivity index (χ0n) is 15.4. The number of ether oxygens (including phenoxy) is 1. The molecule has 0 aromatic carbocycles. The number of rotatable bonds is 17. The van der Waals surface area contributed by atoms with Crippen LogP contribution in [0, 0.1) is 11.3 Å². The molecule has 0 spiro atoms. The van der Waals surface area contributed by atoms with Gasteiger partial charge in [0.1, 0.15) is 0 Å². The van der Waals surface area contributed by atoms with Crippen LogP contribution in [0.25, 0.3) is 0 Å². The van der Waals surface area contributed by atoms with Gasteiger partial charge in [-0.05, 0) is 12.5 Å². The van der Waals surface area contributed by atoms with E-state index in [1.807, 2.05) is 23.3 Å². The summed E-state index contributed by atoms with van der Waals surface area (Å²) in [4.78, 5) is 4.97. The fraction of sp³-hybridized carbons (Fsp3) is 0.929. The number of nitrogens with one attached hydrogen (secondary N) is 1. The molecule has 153 valence electrons. The molecule has 2 radical (unpaired) electrons. The number of nitrogens with zero attached hydrogens (tertiary/aromatic N) is 2. The van der Waals surface area contributed by atoms with Crippen molar-refractivity contribution < 1.29 is 49.4 Å². The number of hydrogen-bond donors (Lipinski definition) is 1. The van der Waals surface area contributed by atoms with Gasteiger partial charge in [0, 0.05) is 7.11 Å². The van der Waals surface area contributed by atoms with Crippen molar-refractivity contribution in [2.75, 3.05) is 46.6 Å². The summed E-state index contributed by atoms with van der Waals surface area (Å²) in [5, 5.41) is 11.8. The first-order chi connectivity index (χ1) is 13.1. The minimum absolute atomic E-state index is 0.0321. The van der Waals surface area contributed by atoms with Crippen molar-refractivity contribution in [3.8, 4) is 6.07 Å². The summed E-state index contributed by atoms with van der Waals surface area (Å²) in [6, 6.07) is 2.93. The van der Waals surface area contributed by atoms with Gasteiger partial charge in [-0.15, -0.1) is 0 Å². The fourth-order valence-electron chi connectivity index (χ4n) is 2.22. The SMILES string of the molecule is CO[Si]CCCNCCOP(=O)(OCCC#N)OC1CCOC1CO[N]=[V]. The average Bonchev–Trinajstić information content (AvgIpc) is 3.09. The predicted molar refractivity (Wildman–Crippen MR) is 92.4 cm³/mol. The summed E-state index contributed by atoms with van der Waals surface area (Å²) in [5.74, 6) is 0. The van der Waals surface area contributed by atoms with Crippen LogP contribution >= 0.6 is 7.82 Å². The molecular weight excluding hydrogens is 432 g/mol. The summed E-state index contributed by atoms with van der Waals surface area (Å²) in [7, 11) is -1.62. The Hall–Kier alpha value is 0.0413. The third kappa shape index (κ3) is 11.6. The van der Waals surface area contributed by atoms with E-state index in [1.165, 1.54) is 0 Å². The van der Waals surface area contributed by atoms with Crippen molar-refractivity contribution >= 4 is 17.6 Å². The second kappa shape index (κ2) is 15.9. The van der Waals surface area contributed by atoms with Crippen LogP contribution in [-0.4, -0.2) is 68.6 Å². The molecule has 1 saturated heterocycles. The average molecular weight is 458 g/mol. The van der Waals surface area contributed by atoms with Crippen molar-refractivity contribution in [1.82, 2.24) is 5.32 Å². The quantitative estimate of drug-likeness (QED) is 0.150. The molecule has 0 saturated carbocycles. The second-order valence-electron chi connectivity index (χ2n) is 5.44. The van der Waals surface area contributed by atoms with Gasteiger partial charge in [0.15, 0.2) is 0 Å². The Morgan fingerprint density at radius 2 is 2.22 bits per heavy atom. The summed E-state index contributed by atoms with van der Waals surface area (Å²) in [5.41, 5.74) is 0. The van der Waals surface area contributed by atoms with Crippen LogP contribution in [0.15, 0.2) is 3.95 Å². The molecule has 1 aliphatic rings. The van der Waals surface area contributed by atoms with Crippen molar-refractivity contribution in [2.45, 2.75) is 37.5 Å². The summed E-state index contributed by atoms with van der Waals surface area (Å²) in [6.45, 7) is 2.09. The first-order valence-corrected chi connectivity index (χ1v) is 11.8. The summed E-state index contributed by atoms with van der Waals surface area (Å²) < 4.78 is 43.2. The summed E-state index contributed by atoms with van der Waals surface area (Å²) in [6.07, 6.45) is 0.723. The maximum atomic E-state index is 12.9. The van der Waals surface area contributed by atoms with Crippen molar-refractivity contribution in [2.24, 2.45) is 3.95 Å². The Morgan fingerprint density at radius 1 is 1.41 bits per heavy atom. The number of phosphoric ester groups is 1. The van der Waals surface area contributed by atoms with Crippen molar-refractivity contribution in [1.29, 1.82) is 5.26 Å². The van der Waals surface area contributed by atoms with Gasteiger partial charge >= 0.3 is 138 Å². The number of hydrogen-bond acceptors (Lipinski definition) is 10. The van der Waals surface area contributed by atoms with Gasteiger partial charge in [-0.2, -0.15) is 0 Å². The molecule has 10 nitrogen and oxygen atoms in total.